The Morgan fingerprint density at radius 1 is 1.06 bits per heavy atom. The highest BCUT2D eigenvalue weighted by Crippen LogP contribution is 2.18. The molecule has 0 heterocycles. The Bertz CT molecular complexity index is 385. The molecule has 3 heteroatoms. The maximum absolute atomic E-state index is 10.8. The van der Waals surface area contributed by atoms with Gasteiger partial charge in [0.05, 0.1) is 12.2 Å². The minimum atomic E-state index is 0.495. The first-order valence-electron chi connectivity index (χ1n) is 6.49. The van der Waals surface area contributed by atoms with Crippen LogP contribution in [0.2, 0.25) is 0 Å². The molecule has 98 valence electrons. The molecular weight excluding hydrogens is 228 g/mol. The van der Waals surface area contributed by atoms with E-state index in [0.29, 0.717) is 23.5 Å². The maximum atomic E-state index is 10.8. The fourth-order valence-corrected chi connectivity index (χ4v) is 1.73. The molecule has 0 aliphatic heterocycles. The number of hydrogen-bond donors (Lipinski definition) is 0. The van der Waals surface area contributed by atoms with Crippen molar-refractivity contribution in [2.24, 2.45) is 0 Å². The van der Waals surface area contributed by atoms with Crippen LogP contribution >= 0.6 is 0 Å². The van der Waals surface area contributed by atoms with E-state index in [0.717, 1.165) is 25.4 Å². The Balaban J connectivity index is 2.44. The number of ether oxygens (including phenoxy) is 1. The first kappa shape index (κ1) is 14.4. The van der Waals surface area contributed by atoms with Crippen molar-refractivity contribution in [1.82, 2.24) is 0 Å². The van der Waals surface area contributed by atoms with Crippen LogP contribution in [0.3, 0.4) is 0 Å². The second kappa shape index (κ2) is 8.45. The van der Waals surface area contributed by atoms with Gasteiger partial charge in [0, 0.05) is 5.56 Å². The first-order chi connectivity index (χ1) is 8.81. The van der Waals surface area contributed by atoms with Crippen molar-refractivity contribution in [3.8, 4) is 5.75 Å². The lowest BCUT2D eigenvalue weighted by atomic mass is 10.1. The summed E-state index contributed by atoms with van der Waals surface area (Å²) in [7, 11) is 0. The van der Waals surface area contributed by atoms with Gasteiger partial charge in [0.2, 0.25) is 0 Å². The number of rotatable bonds is 9. The third kappa shape index (κ3) is 4.70. The molecule has 3 nitrogen and oxygen atoms in total. The van der Waals surface area contributed by atoms with Crippen LogP contribution in [-0.2, 0) is 0 Å². The van der Waals surface area contributed by atoms with Gasteiger partial charge in [0.25, 0.3) is 0 Å². The van der Waals surface area contributed by atoms with E-state index in [2.05, 4.69) is 6.92 Å². The van der Waals surface area contributed by atoms with E-state index in [9.17, 15) is 9.59 Å². The lowest BCUT2D eigenvalue weighted by Crippen LogP contribution is -2.01. The van der Waals surface area contributed by atoms with Gasteiger partial charge in [-0.2, -0.15) is 0 Å². The lowest BCUT2D eigenvalue weighted by molar-refractivity contribution is 0.110. The van der Waals surface area contributed by atoms with Crippen molar-refractivity contribution < 1.29 is 14.3 Å². The van der Waals surface area contributed by atoms with E-state index >= 15 is 0 Å². The van der Waals surface area contributed by atoms with Gasteiger partial charge in [0.15, 0.2) is 6.29 Å². The Morgan fingerprint density at radius 2 is 1.83 bits per heavy atom. The van der Waals surface area contributed by atoms with Crippen molar-refractivity contribution in [3.63, 3.8) is 0 Å². The predicted octanol–water partition coefficient (Wildman–Crippen LogP) is 3.66. The van der Waals surface area contributed by atoms with Crippen molar-refractivity contribution in [1.29, 1.82) is 0 Å². The highest BCUT2D eigenvalue weighted by Gasteiger charge is 2.04. The molecule has 0 bridgehead atoms. The molecule has 18 heavy (non-hydrogen) atoms. The number of aldehydes is 2. The molecule has 0 saturated heterocycles. The highest BCUT2D eigenvalue weighted by molar-refractivity contribution is 5.83. The van der Waals surface area contributed by atoms with Crippen molar-refractivity contribution >= 4 is 12.6 Å². The molecule has 0 amide bonds. The Hall–Kier alpha value is -1.64. The van der Waals surface area contributed by atoms with Crippen LogP contribution in [0.4, 0.5) is 0 Å². The molecule has 1 aromatic rings. The minimum Gasteiger partial charge on any atom is -0.493 e. The minimum absolute atomic E-state index is 0.495. The van der Waals surface area contributed by atoms with Crippen LogP contribution in [0.15, 0.2) is 18.2 Å². The topological polar surface area (TPSA) is 43.4 Å². The molecule has 0 spiro atoms. The number of carbonyl (C=O) groups is 2. The summed E-state index contributed by atoms with van der Waals surface area (Å²) in [6.07, 6.45) is 7.30. The zero-order valence-electron chi connectivity index (χ0n) is 10.9. The summed E-state index contributed by atoms with van der Waals surface area (Å²) < 4.78 is 5.56. The third-order valence-corrected chi connectivity index (χ3v) is 2.81. The largest absolute Gasteiger partial charge is 0.493 e. The molecule has 0 N–H and O–H groups in total. The zero-order valence-corrected chi connectivity index (χ0v) is 10.9. The first-order valence-corrected chi connectivity index (χ1v) is 6.49. The summed E-state index contributed by atoms with van der Waals surface area (Å²) >= 11 is 0. The molecule has 0 aromatic heterocycles. The monoisotopic (exact) mass is 248 g/mol. The molecule has 0 fully saturated rings. The average Bonchev–Trinajstić information content (AvgIpc) is 2.42. The summed E-state index contributed by atoms with van der Waals surface area (Å²) in [6, 6.07) is 4.84. The van der Waals surface area contributed by atoms with Crippen molar-refractivity contribution in [3.05, 3.63) is 29.3 Å². The van der Waals surface area contributed by atoms with Crippen LogP contribution in [0.25, 0.3) is 0 Å². The number of benzene rings is 1. The second-order valence-electron chi connectivity index (χ2n) is 4.30. The van der Waals surface area contributed by atoms with E-state index in [4.69, 9.17) is 4.74 Å². The predicted molar refractivity (Wildman–Crippen MR) is 71.5 cm³/mol. The van der Waals surface area contributed by atoms with Crippen molar-refractivity contribution in [2.45, 2.75) is 39.0 Å². The fourth-order valence-electron chi connectivity index (χ4n) is 1.73. The molecule has 0 unspecified atom stereocenters. The Labute approximate surface area is 108 Å². The summed E-state index contributed by atoms with van der Waals surface area (Å²) in [5, 5.41) is 0. The van der Waals surface area contributed by atoms with Gasteiger partial charge < -0.3 is 4.74 Å². The van der Waals surface area contributed by atoms with Crippen LogP contribution in [0.1, 0.15) is 59.7 Å². The smallest absolute Gasteiger partial charge is 0.153 e. The third-order valence-electron chi connectivity index (χ3n) is 2.81. The van der Waals surface area contributed by atoms with Crippen molar-refractivity contribution in [2.75, 3.05) is 6.61 Å². The molecule has 0 radical (unpaired) electrons. The van der Waals surface area contributed by atoms with Crippen LogP contribution < -0.4 is 4.74 Å². The van der Waals surface area contributed by atoms with Gasteiger partial charge in [-0.3, -0.25) is 9.59 Å². The molecule has 0 saturated carbocycles. The normalized spacial score (nSPS) is 10.1. The van der Waals surface area contributed by atoms with E-state index in [-0.39, 0.29) is 0 Å². The van der Waals surface area contributed by atoms with Crippen LogP contribution in [0, 0.1) is 0 Å². The average molecular weight is 248 g/mol. The number of carbonyl (C=O) groups excluding carboxylic acids is 2. The quantitative estimate of drug-likeness (QED) is 0.495. The maximum Gasteiger partial charge on any atom is 0.153 e. The zero-order chi connectivity index (χ0) is 13.2. The van der Waals surface area contributed by atoms with Gasteiger partial charge in [0.1, 0.15) is 12.0 Å². The lowest BCUT2D eigenvalue weighted by Gasteiger charge is -2.08. The molecule has 0 atom stereocenters. The van der Waals surface area contributed by atoms with Gasteiger partial charge in [-0.1, -0.05) is 38.7 Å². The fraction of sp³-hybridized carbons (Fsp3) is 0.467. The van der Waals surface area contributed by atoms with E-state index in [1.807, 2.05) is 0 Å². The van der Waals surface area contributed by atoms with Gasteiger partial charge in [-0.15, -0.1) is 0 Å². The highest BCUT2D eigenvalue weighted by atomic mass is 16.5. The summed E-state index contributed by atoms with van der Waals surface area (Å²) in [4.78, 5) is 21.5. The number of hydrogen-bond acceptors (Lipinski definition) is 3. The SMILES string of the molecule is CCCCCCCOc1cc(C=O)ccc1C=O. The second-order valence-corrected chi connectivity index (χ2v) is 4.30. The Morgan fingerprint density at radius 3 is 2.50 bits per heavy atom. The Kier molecular flexibility index (Phi) is 6.77. The molecule has 0 aliphatic rings. The summed E-state index contributed by atoms with van der Waals surface area (Å²) in [6.45, 7) is 2.77. The molecule has 0 aliphatic carbocycles. The molecule has 1 rings (SSSR count). The van der Waals surface area contributed by atoms with Crippen LogP contribution in [0.5, 0.6) is 5.75 Å². The van der Waals surface area contributed by atoms with Crippen LogP contribution in [-0.4, -0.2) is 19.2 Å². The van der Waals surface area contributed by atoms with Gasteiger partial charge >= 0.3 is 0 Å². The van der Waals surface area contributed by atoms with Gasteiger partial charge in [-0.25, -0.2) is 0 Å². The van der Waals surface area contributed by atoms with Gasteiger partial charge in [-0.05, 0) is 18.6 Å². The molecule has 1 aromatic carbocycles. The van der Waals surface area contributed by atoms with E-state index in [1.165, 1.54) is 19.3 Å². The molecular formula is C15H20O3. The number of unbranched alkanes of at least 4 members (excludes halogenated alkanes) is 4. The summed E-state index contributed by atoms with van der Waals surface area (Å²) in [5.74, 6) is 0.505. The van der Waals surface area contributed by atoms with E-state index in [1.54, 1.807) is 18.2 Å². The van der Waals surface area contributed by atoms with E-state index < -0.39 is 0 Å². The standard InChI is InChI=1S/C15H20O3/c1-2-3-4-5-6-9-18-15-10-13(11-16)7-8-14(15)12-17/h7-8,10-12H,2-6,9H2,1H3. The summed E-state index contributed by atoms with van der Waals surface area (Å²) in [5.41, 5.74) is 1.02.